The zero-order valence-electron chi connectivity index (χ0n) is 57.2. The third kappa shape index (κ3) is 25.6. The molecular weight excluding hydrogens is 1080 g/mol. The van der Waals surface area contributed by atoms with E-state index in [-0.39, 0.29) is 45.8 Å². The molecule has 470 valence electrons. The molecule has 0 saturated carbocycles. The number of hydrogen-bond donors (Lipinski definition) is 1. The highest BCUT2D eigenvalue weighted by Gasteiger charge is 2.51. The van der Waals surface area contributed by atoms with Gasteiger partial charge >= 0.3 is 0 Å². The molecule has 5 fully saturated rings. The Morgan fingerprint density at radius 3 is 1.11 bits per heavy atom. The van der Waals surface area contributed by atoms with Crippen molar-refractivity contribution >= 4 is 79.1 Å². The summed E-state index contributed by atoms with van der Waals surface area (Å²) in [4.78, 5) is 3.96. The van der Waals surface area contributed by atoms with Gasteiger partial charge in [0.15, 0.2) is 0 Å². The van der Waals surface area contributed by atoms with Crippen LogP contribution in [0.3, 0.4) is 0 Å². The monoisotopic (exact) mass is 1220 g/mol. The summed E-state index contributed by atoms with van der Waals surface area (Å²) in [7, 11) is 1.87. The zero-order valence-corrected chi connectivity index (χ0v) is 62.5. The van der Waals surface area contributed by atoms with Crippen LogP contribution in [0.15, 0.2) is 11.6 Å². The zero-order chi connectivity index (χ0) is 61.5. The maximum Gasteiger partial charge on any atom is 0.238 e. The van der Waals surface area contributed by atoms with Gasteiger partial charge in [0.25, 0.3) is 0 Å². The fourth-order valence-electron chi connectivity index (χ4n) is 12.0. The number of nitrogens with two attached hydrogens (primary N) is 1. The molecule has 79 heavy (non-hydrogen) atoms. The number of allylic oxidation sites excluding steroid dienone is 2. The lowest BCUT2D eigenvalue weighted by atomic mass is 9.70. The lowest BCUT2D eigenvalue weighted by Gasteiger charge is -2.49. The van der Waals surface area contributed by atoms with Crippen molar-refractivity contribution < 1.29 is 9.13 Å². The molecule has 0 amide bonds. The number of methoxy groups -OCH3 is 1. The van der Waals surface area contributed by atoms with Crippen LogP contribution >= 0.6 is 41.3 Å². The molecule has 2 N–H and O–H groups in total. The van der Waals surface area contributed by atoms with Gasteiger partial charge in [-0.15, -0.1) is 79.1 Å². The summed E-state index contributed by atoms with van der Waals surface area (Å²) >= 11 is 0. The first-order valence-corrected chi connectivity index (χ1v) is 47.4. The number of hydrogen-bond acceptors (Lipinski definition) is 2. The first-order valence-electron chi connectivity index (χ1n) is 30.6. The Morgan fingerprint density at radius 2 is 0.848 bits per heavy atom. The summed E-state index contributed by atoms with van der Waals surface area (Å²) in [6.45, 7) is 56.9. The van der Waals surface area contributed by atoms with Crippen molar-refractivity contribution in [2.45, 2.75) is 225 Å². The van der Waals surface area contributed by atoms with E-state index >= 15 is 0 Å². The van der Waals surface area contributed by atoms with E-state index in [0.717, 1.165) is 43.9 Å². The van der Waals surface area contributed by atoms with Gasteiger partial charge in [0.05, 0.1) is 5.60 Å². The minimum Gasteiger partial charge on any atom is -0.378 e. The highest BCUT2D eigenvalue weighted by Crippen LogP contribution is 2.58. The fourth-order valence-corrected chi connectivity index (χ4v) is 23.9. The van der Waals surface area contributed by atoms with Crippen LogP contribution in [-0.2, 0) is 4.74 Å². The topological polar surface area (TPSA) is 39.6 Å². The van der Waals surface area contributed by atoms with Gasteiger partial charge in [-0.1, -0.05) is 144 Å². The molecule has 0 aliphatic carbocycles. The second-order valence-corrected chi connectivity index (χ2v) is 59.4. The number of ether oxygens (including phenoxy) is 1. The van der Waals surface area contributed by atoms with Gasteiger partial charge in [0, 0.05) is 30.9 Å². The molecule has 0 radical (unpaired) electrons. The molecule has 1 unspecified atom stereocenters. The van der Waals surface area contributed by atoms with Crippen LogP contribution in [0.5, 0.6) is 0 Å². The number of rotatable bonds is 1. The van der Waals surface area contributed by atoms with Crippen LogP contribution in [-0.4, -0.2) is 181 Å². The third-order valence-electron chi connectivity index (χ3n) is 20.7. The van der Waals surface area contributed by atoms with E-state index in [4.69, 9.17) is 17.0 Å². The molecule has 0 aromatic heterocycles. The van der Waals surface area contributed by atoms with Gasteiger partial charge in [0.2, 0.25) is 5.54 Å². The van der Waals surface area contributed by atoms with E-state index in [1.165, 1.54) is 107 Å². The molecule has 5 saturated heterocycles. The Balaban J connectivity index is 0.000000923. The van der Waals surface area contributed by atoms with E-state index in [0.29, 0.717) is 10.8 Å². The Bertz CT molecular complexity index is 2190. The minimum absolute atomic E-state index is 0. The van der Waals surface area contributed by atoms with Gasteiger partial charge in [-0.3, -0.25) is 0 Å². The van der Waals surface area contributed by atoms with Crippen molar-refractivity contribution in [2.24, 2.45) is 44.1 Å². The van der Waals surface area contributed by atoms with Crippen LogP contribution in [0, 0.1) is 45.0 Å². The lowest BCUT2D eigenvalue weighted by molar-refractivity contribution is -0.0979. The highest BCUT2D eigenvalue weighted by molar-refractivity contribution is 7.74. The molecule has 10 heteroatoms. The van der Waals surface area contributed by atoms with E-state index in [1.807, 2.05) is 27.9 Å². The summed E-state index contributed by atoms with van der Waals surface area (Å²) in [5.41, 5.74) is 8.54. The fraction of sp³-hybridized carbons (Fsp3) is 0.870. The van der Waals surface area contributed by atoms with Crippen molar-refractivity contribution in [3.05, 3.63) is 23.1 Å². The van der Waals surface area contributed by atoms with E-state index < -0.39 is 47.0 Å². The molecule has 0 aromatic carbocycles. The van der Waals surface area contributed by atoms with Crippen molar-refractivity contribution in [1.29, 1.82) is 0 Å². The second-order valence-electron chi connectivity index (χ2n) is 34.7. The second kappa shape index (κ2) is 28.8. The van der Waals surface area contributed by atoms with Gasteiger partial charge < -0.3 is 15.3 Å². The maximum absolute atomic E-state index is 14.4. The van der Waals surface area contributed by atoms with Crippen molar-refractivity contribution in [2.75, 3.05) is 121 Å². The Morgan fingerprint density at radius 1 is 0.506 bits per heavy atom. The SMILES string of the molecule is C.C=P1(C)CC=C(C(C)(C)C)CC1.C=P1(C)CCC(C(C)(C)C)CC1.C=P1(C)CCC(F)(C(C)(C)C)CC1.C=P1(C)CCC(N)(C(C)(C)C)CC1.C=P1(C)CCC(OC)(C(C)(C)C)CC1.[C-]#[N+]C1(C(C)(C)C)CCP(=C)(C)CC1. The molecule has 0 spiro atoms. The van der Waals surface area contributed by atoms with Crippen LogP contribution in [0.1, 0.15) is 203 Å². The summed E-state index contributed by atoms with van der Waals surface area (Å²) in [6, 6.07) is 0. The molecule has 6 aliphatic heterocycles. The number of alkyl halides is 1. The van der Waals surface area contributed by atoms with Crippen molar-refractivity contribution in [3.8, 4) is 0 Å². The van der Waals surface area contributed by atoms with Crippen molar-refractivity contribution in [1.82, 2.24) is 0 Å². The van der Waals surface area contributed by atoms with E-state index in [1.54, 1.807) is 5.57 Å². The summed E-state index contributed by atoms with van der Waals surface area (Å²) in [5, 5.41) is 0. The molecule has 1 atom stereocenters. The number of nitrogens with zero attached hydrogens (tertiary/aromatic N) is 1. The average Bonchev–Trinajstić information content (AvgIpc) is 3.25. The molecule has 6 heterocycles. The maximum atomic E-state index is 14.4. The molecule has 6 rings (SSSR count). The normalized spacial score (nSPS) is 38.4. The van der Waals surface area contributed by atoms with Crippen LogP contribution in [0.2, 0.25) is 0 Å². The summed E-state index contributed by atoms with van der Waals surface area (Å²) in [5.74, 6) is 0.951. The largest absolute Gasteiger partial charge is 0.378 e. The predicted octanol–water partition coefficient (Wildman–Crippen LogP) is 20.7. The third-order valence-corrected chi connectivity index (χ3v) is 36.1. The van der Waals surface area contributed by atoms with Crippen LogP contribution in [0.4, 0.5) is 4.39 Å². The Labute approximate surface area is 498 Å². The average molecular weight is 1220 g/mol. The molecule has 0 aromatic rings. The summed E-state index contributed by atoms with van der Waals surface area (Å²) in [6.07, 6.45) is 55.9. The van der Waals surface area contributed by atoms with Crippen LogP contribution < -0.4 is 5.73 Å². The molecule has 0 bridgehead atoms. The highest BCUT2D eigenvalue weighted by atomic mass is 31.2. The Hall–Kier alpha value is 0.880. The smallest absolute Gasteiger partial charge is 0.238 e. The van der Waals surface area contributed by atoms with E-state index in [9.17, 15) is 4.39 Å². The Kier molecular flexibility index (Phi) is 29.1. The first kappa shape index (κ1) is 79.9. The van der Waals surface area contributed by atoms with E-state index in [2.05, 4.69) is 193 Å². The minimum atomic E-state index is -0.976. The standard InChI is InChI=1S/C12H22NP.C12H25OP.C11H22FP.C11H24NP.C11H23P.C11H21P.CH4/c2*1-11(2,3)12(13-4)7-9-14(5,6)10-8-12;2*1-10(2,3)11(12)6-8-13(4,5)9-7-11;2*1-11(2,3)10-6-8-12(4,5)9-7-10;/h5,7-10H2,1-3,6H3;5,7-10H2,1-4,6H3;4,6-9H2,1-3,5H3;4,6-9,12H2,1-3,5H3;10H,4,6-9H2,1-3,5H3;6H,4,7-9H2,1-3,5H3;1H4. The van der Waals surface area contributed by atoms with Gasteiger partial charge in [-0.2, -0.15) is 0 Å². The van der Waals surface area contributed by atoms with Gasteiger partial charge in [0.1, 0.15) is 5.67 Å². The quantitative estimate of drug-likeness (QED) is 0.161. The van der Waals surface area contributed by atoms with Crippen LogP contribution in [0.25, 0.3) is 4.85 Å². The predicted molar refractivity (Wildman–Crippen MR) is 394 cm³/mol. The molecule has 6 aliphatic rings. The molecular formula is C69H141FN2OP6. The first-order chi connectivity index (χ1) is 34.4. The molecule has 3 nitrogen and oxygen atoms in total. The number of halogens is 1. The van der Waals surface area contributed by atoms with Crippen molar-refractivity contribution in [3.63, 3.8) is 0 Å². The van der Waals surface area contributed by atoms with Gasteiger partial charge in [-0.05, 0) is 205 Å². The lowest BCUT2D eigenvalue weighted by Crippen LogP contribution is -2.54. The van der Waals surface area contributed by atoms with Gasteiger partial charge in [-0.25, -0.2) is 11.0 Å². The summed E-state index contributed by atoms with van der Waals surface area (Å²) < 4.78 is 20.2.